The Hall–Kier alpha value is -3.16. The maximum absolute atomic E-state index is 12.7. The predicted octanol–water partition coefficient (Wildman–Crippen LogP) is 1.30. The first-order valence-electron chi connectivity index (χ1n) is 9.33. The second-order valence-electron chi connectivity index (χ2n) is 6.65. The zero-order valence-electron chi connectivity index (χ0n) is 16.2. The number of anilines is 1. The molecule has 1 aliphatic heterocycles. The van der Waals surface area contributed by atoms with E-state index in [0.717, 1.165) is 24.2 Å². The summed E-state index contributed by atoms with van der Waals surface area (Å²) in [5.41, 5.74) is 0.743. The molecule has 0 atom stereocenters. The predicted molar refractivity (Wildman–Crippen MR) is 110 cm³/mol. The van der Waals surface area contributed by atoms with Crippen molar-refractivity contribution in [3.63, 3.8) is 0 Å². The number of carbonyl (C=O) groups excluding carboxylic acids is 2. The maximum Gasteiger partial charge on any atom is 0.351 e. The molecular weight excluding hydrogens is 444 g/mol. The number of amides is 1. The summed E-state index contributed by atoms with van der Waals surface area (Å²) in [6, 6.07) is 7.65. The van der Waals surface area contributed by atoms with Crippen LogP contribution in [0.3, 0.4) is 0 Å². The lowest BCUT2D eigenvalue weighted by atomic mass is 10.3. The van der Waals surface area contributed by atoms with Gasteiger partial charge in [-0.05, 0) is 52.9 Å². The molecule has 31 heavy (non-hydrogen) atoms. The van der Waals surface area contributed by atoms with Gasteiger partial charge in [-0.15, -0.1) is 16.4 Å². The minimum Gasteiger partial charge on any atom is -0.451 e. The number of nitrogens with zero attached hydrogens (tertiary/aromatic N) is 5. The molecule has 1 fully saturated rings. The lowest BCUT2D eigenvalue weighted by molar-refractivity contribution is -0.119. The van der Waals surface area contributed by atoms with Gasteiger partial charge in [0.05, 0.1) is 10.6 Å². The van der Waals surface area contributed by atoms with Crippen molar-refractivity contribution in [3.8, 4) is 5.69 Å². The van der Waals surface area contributed by atoms with Gasteiger partial charge in [-0.25, -0.2) is 13.2 Å². The molecule has 0 bridgehead atoms. The number of hydrogen-bond donors (Lipinski definition) is 1. The molecule has 1 N–H and O–H groups in total. The summed E-state index contributed by atoms with van der Waals surface area (Å²) in [7, 11) is -3.60. The van der Waals surface area contributed by atoms with E-state index >= 15 is 0 Å². The maximum atomic E-state index is 12.7. The van der Waals surface area contributed by atoms with Crippen LogP contribution >= 0.6 is 11.3 Å². The Labute approximate surface area is 181 Å². The van der Waals surface area contributed by atoms with Crippen molar-refractivity contribution in [1.82, 2.24) is 24.5 Å². The van der Waals surface area contributed by atoms with Gasteiger partial charge in [-0.2, -0.15) is 8.99 Å². The number of thiophene rings is 1. The normalized spacial score (nSPS) is 14.5. The van der Waals surface area contributed by atoms with Crippen LogP contribution < -0.4 is 5.32 Å². The summed E-state index contributed by atoms with van der Waals surface area (Å²) < 4.78 is 33.2. The van der Waals surface area contributed by atoms with Gasteiger partial charge >= 0.3 is 5.97 Å². The molecule has 0 saturated carbocycles. The van der Waals surface area contributed by atoms with Gasteiger partial charge in [0, 0.05) is 18.8 Å². The number of rotatable bonds is 7. The van der Waals surface area contributed by atoms with Crippen LogP contribution in [-0.2, 0) is 19.6 Å². The lowest BCUT2D eigenvalue weighted by Crippen LogP contribution is -2.28. The molecule has 0 unspecified atom stereocenters. The number of tetrazole rings is 1. The first kappa shape index (κ1) is 21.1. The van der Waals surface area contributed by atoms with E-state index in [1.54, 1.807) is 23.6 Å². The van der Waals surface area contributed by atoms with Crippen molar-refractivity contribution >= 4 is 38.9 Å². The monoisotopic (exact) mass is 462 g/mol. The first-order chi connectivity index (χ1) is 14.9. The average Bonchev–Trinajstić information content (AvgIpc) is 3.53. The molecule has 0 aliphatic carbocycles. The minimum atomic E-state index is -3.60. The second kappa shape index (κ2) is 8.91. The Balaban J connectivity index is 1.38. The number of esters is 1. The molecule has 4 rings (SSSR count). The Morgan fingerprint density at radius 2 is 2.00 bits per heavy atom. The van der Waals surface area contributed by atoms with Crippen molar-refractivity contribution in [2.75, 3.05) is 25.0 Å². The van der Waals surface area contributed by atoms with E-state index in [-0.39, 0.29) is 9.77 Å². The van der Waals surface area contributed by atoms with Crippen LogP contribution in [0.1, 0.15) is 22.5 Å². The van der Waals surface area contributed by atoms with E-state index in [9.17, 15) is 18.0 Å². The molecular formula is C18H18N6O5S2. The second-order valence-corrected chi connectivity index (χ2v) is 9.51. The Bertz CT molecular complexity index is 1190. The molecule has 11 nitrogen and oxygen atoms in total. The van der Waals surface area contributed by atoms with Crippen LogP contribution in [-0.4, -0.2) is 64.5 Å². The van der Waals surface area contributed by atoms with Crippen molar-refractivity contribution in [2.45, 2.75) is 17.7 Å². The molecule has 3 heterocycles. The Morgan fingerprint density at radius 3 is 2.74 bits per heavy atom. The number of hydrogen-bond acceptors (Lipinski definition) is 9. The highest BCUT2D eigenvalue weighted by molar-refractivity contribution is 7.89. The molecule has 162 valence electrons. The van der Waals surface area contributed by atoms with Crippen LogP contribution in [0.25, 0.3) is 5.69 Å². The van der Waals surface area contributed by atoms with Crippen molar-refractivity contribution in [2.24, 2.45) is 0 Å². The smallest absolute Gasteiger partial charge is 0.351 e. The van der Waals surface area contributed by atoms with Gasteiger partial charge in [0.25, 0.3) is 5.91 Å². The minimum absolute atomic E-state index is 0.105. The van der Waals surface area contributed by atoms with E-state index in [4.69, 9.17) is 4.74 Å². The standard InChI is InChI=1S/C18H18N6O5S2/c25-16(11-29-18(26)17-15(6-9-30-17)24-12-19-21-22-24)20-13-4-3-5-14(10-13)31(27,28)23-7-1-2-8-23/h3-6,9-10,12H,1-2,7-8,11H2,(H,20,25). The molecule has 2 aromatic heterocycles. The van der Waals surface area contributed by atoms with Crippen molar-refractivity contribution in [1.29, 1.82) is 0 Å². The van der Waals surface area contributed by atoms with Gasteiger partial charge < -0.3 is 10.1 Å². The molecule has 1 saturated heterocycles. The van der Waals surface area contributed by atoms with E-state index in [2.05, 4.69) is 20.8 Å². The fourth-order valence-electron chi connectivity index (χ4n) is 3.11. The lowest BCUT2D eigenvalue weighted by Gasteiger charge is -2.16. The number of benzene rings is 1. The van der Waals surface area contributed by atoms with Gasteiger partial charge in [0.1, 0.15) is 11.2 Å². The third-order valence-electron chi connectivity index (χ3n) is 4.58. The zero-order chi connectivity index (χ0) is 21.8. The van der Waals surface area contributed by atoms with E-state index in [1.165, 1.54) is 27.4 Å². The van der Waals surface area contributed by atoms with E-state index in [0.29, 0.717) is 24.5 Å². The number of sulfonamides is 1. The first-order valence-corrected chi connectivity index (χ1v) is 11.7. The van der Waals surface area contributed by atoms with Crippen LogP contribution in [0.15, 0.2) is 46.9 Å². The highest BCUT2D eigenvalue weighted by atomic mass is 32.2. The third kappa shape index (κ3) is 4.62. The third-order valence-corrected chi connectivity index (χ3v) is 7.36. The fraction of sp³-hybridized carbons (Fsp3) is 0.278. The summed E-state index contributed by atoms with van der Waals surface area (Å²) in [4.78, 5) is 24.9. The SMILES string of the molecule is O=C(COC(=O)c1sccc1-n1cnnn1)Nc1cccc(S(=O)(=O)N2CCCC2)c1. The number of aromatic nitrogens is 4. The van der Waals surface area contributed by atoms with Crippen LogP contribution in [0.2, 0.25) is 0 Å². The van der Waals surface area contributed by atoms with Gasteiger partial charge in [-0.3, -0.25) is 4.79 Å². The largest absolute Gasteiger partial charge is 0.451 e. The van der Waals surface area contributed by atoms with Gasteiger partial charge in [0.15, 0.2) is 6.61 Å². The molecule has 3 aromatic rings. The van der Waals surface area contributed by atoms with Crippen molar-refractivity contribution in [3.05, 3.63) is 46.9 Å². The molecule has 0 radical (unpaired) electrons. The van der Waals surface area contributed by atoms with E-state index in [1.807, 2.05) is 0 Å². The average molecular weight is 463 g/mol. The van der Waals surface area contributed by atoms with E-state index < -0.39 is 28.5 Å². The highest BCUT2D eigenvalue weighted by Gasteiger charge is 2.27. The van der Waals surface area contributed by atoms with Gasteiger partial charge in [-0.1, -0.05) is 6.07 Å². The Kier molecular flexibility index (Phi) is 6.06. The quantitative estimate of drug-likeness (QED) is 0.519. The summed E-state index contributed by atoms with van der Waals surface area (Å²) in [6.45, 7) is 0.448. The molecule has 1 aliphatic rings. The number of ether oxygens (including phenoxy) is 1. The molecule has 1 aromatic carbocycles. The van der Waals surface area contributed by atoms with Crippen LogP contribution in [0.5, 0.6) is 0 Å². The molecule has 13 heteroatoms. The number of carbonyl (C=O) groups is 2. The summed E-state index contributed by atoms with van der Waals surface area (Å²) in [5.74, 6) is -1.29. The molecule has 0 spiro atoms. The molecule has 1 amide bonds. The highest BCUT2D eigenvalue weighted by Crippen LogP contribution is 2.23. The van der Waals surface area contributed by atoms with Crippen LogP contribution in [0, 0.1) is 0 Å². The van der Waals surface area contributed by atoms with Gasteiger partial charge in [0.2, 0.25) is 10.0 Å². The summed E-state index contributed by atoms with van der Waals surface area (Å²) in [6.07, 6.45) is 3.01. The number of nitrogens with one attached hydrogen (secondary N) is 1. The van der Waals surface area contributed by atoms with Crippen LogP contribution in [0.4, 0.5) is 5.69 Å². The Morgan fingerprint density at radius 1 is 1.19 bits per heavy atom. The topological polar surface area (TPSA) is 136 Å². The van der Waals surface area contributed by atoms with Crippen molar-refractivity contribution < 1.29 is 22.7 Å². The zero-order valence-corrected chi connectivity index (χ0v) is 17.8. The fourth-order valence-corrected chi connectivity index (χ4v) is 5.45. The summed E-state index contributed by atoms with van der Waals surface area (Å²) >= 11 is 1.13. The summed E-state index contributed by atoms with van der Waals surface area (Å²) in [5, 5.41) is 15.0.